The number of rotatable bonds is 4. The molecule has 0 N–H and O–H groups in total. The predicted molar refractivity (Wildman–Crippen MR) is 33.4 cm³/mol. The van der Waals surface area contributed by atoms with Gasteiger partial charge in [-0.05, 0) is 12.6 Å². The Morgan fingerprint density at radius 1 is 1.44 bits per heavy atom. The van der Waals surface area contributed by atoms with Gasteiger partial charge in [-0.2, -0.15) is 0 Å². The van der Waals surface area contributed by atoms with E-state index in [9.17, 15) is 9.46 Å². The molecule has 50 valence electrons. The van der Waals surface area contributed by atoms with Crippen LogP contribution in [0.2, 0.25) is 0 Å². The van der Waals surface area contributed by atoms with Gasteiger partial charge in [-0.15, -0.1) is 0 Å². The van der Waals surface area contributed by atoms with Gasteiger partial charge in [0.2, 0.25) is 0 Å². The molecular formula is C5H12KO2P. The second kappa shape index (κ2) is 9.83. The zero-order valence-electron chi connectivity index (χ0n) is 6.14. The first-order valence-corrected chi connectivity index (χ1v) is 4.49. The maximum atomic E-state index is 9.95. The van der Waals surface area contributed by atoms with Crippen LogP contribution in [0.15, 0.2) is 0 Å². The van der Waals surface area contributed by atoms with E-state index < -0.39 is 8.03 Å². The summed E-state index contributed by atoms with van der Waals surface area (Å²) in [5.41, 5.74) is 0. The molecule has 0 aromatic carbocycles. The van der Waals surface area contributed by atoms with Gasteiger partial charge in [0, 0.05) is 8.03 Å². The Balaban J connectivity index is 0. The van der Waals surface area contributed by atoms with Gasteiger partial charge in [-0.25, -0.2) is 0 Å². The largest absolute Gasteiger partial charge is 1.00 e. The average molecular weight is 174 g/mol. The Labute approximate surface area is 99.7 Å². The van der Waals surface area contributed by atoms with Gasteiger partial charge >= 0.3 is 51.4 Å². The van der Waals surface area contributed by atoms with Crippen LogP contribution in [-0.2, 0) is 4.57 Å². The Hall–Kier alpha value is 1.83. The van der Waals surface area contributed by atoms with Crippen LogP contribution >= 0.6 is 8.03 Å². The quantitative estimate of drug-likeness (QED) is 0.281. The molecule has 0 aliphatic rings. The fraction of sp³-hybridized carbons (Fsp3) is 1.00. The standard InChI is InChI=1S/C5H13O2P.K/c1-2-3-4-5-8(6)7;/h8H,2-5H2,1H3,(H,6,7);/q;+1/p-1. The molecule has 0 saturated heterocycles. The third-order valence-electron chi connectivity index (χ3n) is 0.984. The third kappa shape index (κ3) is 12.9. The third-order valence-corrected chi connectivity index (χ3v) is 1.75. The summed E-state index contributed by atoms with van der Waals surface area (Å²) in [6.45, 7) is 2.06. The van der Waals surface area contributed by atoms with E-state index in [0.29, 0.717) is 6.16 Å². The van der Waals surface area contributed by atoms with Crippen LogP contribution in [0.1, 0.15) is 26.2 Å². The molecule has 0 radical (unpaired) electrons. The van der Waals surface area contributed by atoms with Crippen molar-refractivity contribution in [1.29, 1.82) is 0 Å². The van der Waals surface area contributed by atoms with E-state index in [0.717, 1.165) is 19.3 Å². The van der Waals surface area contributed by atoms with E-state index in [-0.39, 0.29) is 51.4 Å². The van der Waals surface area contributed by atoms with Gasteiger partial charge in [-0.3, -0.25) is 0 Å². The predicted octanol–water partition coefficient (Wildman–Crippen LogP) is -1.98. The first-order valence-electron chi connectivity index (χ1n) is 2.97. The van der Waals surface area contributed by atoms with Crippen molar-refractivity contribution >= 4 is 8.03 Å². The Kier molecular flexibility index (Phi) is 14.7. The van der Waals surface area contributed by atoms with Crippen LogP contribution in [0.5, 0.6) is 0 Å². The summed E-state index contributed by atoms with van der Waals surface area (Å²) < 4.78 is 9.95. The molecule has 0 bridgehead atoms. The molecule has 9 heavy (non-hydrogen) atoms. The van der Waals surface area contributed by atoms with E-state index in [1.807, 2.05) is 0 Å². The molecule has 1 unspecified atom stereocenters. The molecule has 0 aliphatic heterocycles. The molecule has 0 aliphatic carbocycles. The SMILES string of the molecule is CCCCC[PH](=O)[O-].[K+]. The van der Waals surface area contributed by atoms with E-state index >= 15 is 0 Å². The van der Waals surface area contributed by atoms with Crippen molar-refractivity contribution in [2.24, 2.45) is 0 Å². The summed E-state index contributed by atoms with van der Waals surface area (Å²) in [5, 5.41) is 0. The van der Waals surface area contributed by atoms with Gasteiger partial charge in [0.05, 0.1) is 0 Å². The van der Waals surface area contributed by atoms with Gasteiger partial charge in [-0.1, -0.05) is 19.8 Å². The van der Waals surface area contributed by atoms with Crippen molar-refractivity contribution in [3.8, 4) is 0 Å². The number of hydrogen-bond donors (Lipinski definition) is 0. The normalized spacial score (nSPS) is 12.2. The smallest absolute Gasteiger partial charge is 0.802 e. The Morgan fingerprint density at radius 2 is 2.00 bits per heavy atom. The monoisotopic (exact) mass is 174 g/mol. The fourth-order valence-corrected chi connectivity index (χ4v) is 1.06. The van der Waals surface area contributed by atoms with E-state index in [4.69, 9.17) is 0 Å². The molecule has 0 rings (SSSR count). The Bertz CT molecular complexity index is 77.4. The topological polar surface area (TPSA) is 40.1 Å². The second-order valence-electron chi connectivity index (χ2n) is 1.83. The van der Waals surface area contributed by atoms with Crippen LogP contribution < -0.4 is 56.3 Å². The van der Waals surface area contributed by atoms with Crippen molar-refractivity contribution in [1.82, 2.24) is 0 Å². The molecular weight excluding hydrogens is 162 g/mol. The van der Waals surface area contributed by atoms with Crippen molar-refractivity contribution in [3.63, 3.8) is 0 Å². The van der Waals surface area contributed by atoms with Crippen molar-refractivity contribution in [2.75, 3.05) is 6.16 Å². The number of hydrogen-bond acceptors (Lipinski definition) is 2. The minimum atomic E-state index is -2.41. The van der Waals surface area contributed by atoms with Gasteiger partial charge in [0.15, 0.2) is 0 Å². The summed E-state index contributed by atoms with van der Waals surface area (Å²) in [5.74, 6) is 0. The minimum absolute atomic E-state index is 0. The fourth-order valence-electron chi connectivity index (χ4n) is 0.519. The maximum Gasteiger partial charge on any atom is 1.00 e. The first kappa shape index (κ1) is 13.4. The molecule has 0 spiro atoms. The molecule has 0 aromatic heterocycles. The second-order valence-corrected chi connectivity index (χ2v) is 3.07. The molecule has 1 atom stereocenters. The molecule has 0 saturated carbocycles. The van der Waals surface area contributed by atoms with Crippen LogP contribution in [-0.4, -0.2) is 6.16 Å². The van der Waals surface area contributed by atoms with Gasteiger partial charge in [0.1, 0.15) is 0 Å². The summed E-state index contributed by atoms with van der Waals surface area (Å²) in [4.78, 5) is 9.95. The van der Waals surface area contributed by atoms with E-state index in [2.05, 4.69) is 6.92 Å². The maximum absolute atomic E-state index is 9.95. The Morgan fingerprint density at radius 3 is 2.33 bits per heavy atom. The van der Waals surface area contributed by atoms with Gasteiger partial charge in [0.25, 0.3) is 0 Å². The summed E-state index contributed by atoms with van der Waals surface area (Å²) in [7, 11) is -2.41. The molecule has 2 nitrogen and oxygen atoms in total. The van der Waals surface area contributed by atoms with Crippen molar-refractivity contribution < 1.29 is 60.8 Å². The van der Waals surface area contributed by atoms with Gasteiger partial charge < -0.3 is 9.46 Å². The molecule has 0 aromatic rings. The minimum Gasteiger partial charge on any atom is -0.802 e. The average Bonchev–Trinajstić information content (AvgIpc) is 1.66. The molecule has 0 fully saturated rings. The molecule has 4 heteroatoms. The summed E-state index contributed by atoms with van der Waals surface area (Å²) in [6, 6.07) is 0. The summed E-state index contributed by atoms with van der Waals surface area (Å²) >= 11 is 0. The number of unbranched alkanes of at least 4 members (excludes halogenated alkanes) is 2. The van der Waals surface area contributed by atoms with Crippen molar-refractivity contribution in [3.05, 3.63) is 0 Å². The first-order chi connectivity index (χ1) is 3.77. The van der Waals surface area contributed by atoms with Crippen LogP contribution in [0.4, 0.5) is 0 Å². The van der Waals surface area contributed by atoms with E-state index in [1.54, 1.807) is 0 Å². The van der Waals surface area contributed by atoms with Crippen LogP contribution in [0.25, 0.3) is 0 Å². The van der Waals surface area contributed by atoms with E-state index in [1.165, 1.54) is 0 Å². The summed E-state index contributed by atoms with van der Waals surface area (Å²) in [6.07, 6.45) is 3.38. The van der Waals surface area contributed by atoms with Crippen molar-refractivity contribution in [2.45, 2.75) is 26.2 Å². The molecule has 0 amide bonds. The molecule has 0 heterocycles. The zero-order valence-corrected chi connectivity index (χ0v) is 10.3. The zero-order chi connectivity index (χ0) is 6.41. The van der Waals surface area contributed by atoms with Crippen LogP contribution in [0.3, 0.4) is 0 Å². The van der Waals surface area contributed by atoms with Crippen LogP contribution in [0, 0.1) is 0 Å².